The fourth-order valence-electron chi connectivity index (χ4n) is 8.73. The number of ether oxygens (including phenoxy) is 2. The minimum Gasteiger partial charge on any atom is -0.483 e. The molecule has 5 aliphatic heterocycles. The number of aromatic nitrogens is 3. The maximum atomic E-state index is 13.3. The van der Waals surface area contributed by atoms with Crippen molar-refractivity contribution >= 4 is 74.9 Å². The number of halogens is 1. The number of aryl methyl sites for hydroxylation is 3. The van der Waals surface area contributed by atoms with E-state index in [-0.39, 0.29) is 30.0 Å². The molecule has 1 atom stereocenters. The minimum atomic E-state index is -0.662. The lowest BCUT2D eigenvalue weighted by atomic mass is 9.83. The number of amides is 5. The van der Waals surface area contributed by atoms with E-state index in [1.54, 1.807) is 11.0 Å². The summed E-state index contributed by atoms with van der Waals surface area (Å²) in [6, 6.07) is 10.5. The van der Waals surface area contributed by atoms with Crippen molar-refractivity contribution in [3.8, 4) is 5.75 Å². The smallest absolute Gasteiger partial charge is 0.267 e. The van der Waals surface area contributed by atoms with E-state index in [0.29, 0.717) is 83.6 Å². The van der Waals surface area contributed by atoms with Crippen LogP contribution in [0.5, 0.6) is 5.75 Å². The summed E-state index contributed by atoms with van der Waals surface area (Å²) < 4.78 is 12.4. The number of nitrogens with one attached hydrogen (secondary N) is 3. The second kappa shape index (κ2) is 17.2. The molecule has 4 aromatic rings. The number of likely N-dealkylation sites (tertiary alicyclic amines) is 1. The van der Waals surface area contributed by atoms with Crippen molar-refractivity contribution in [2.24, 2.45) is 0 Å². The molecule has 7 heterocycles. The highest BCUT2D eigenvalue weighted by Gasteiger charge is 2.49. The van der Waals surface area contributed by atoms with Crippen molar-refractivity contribution in [1.29, 1.82) is 0 Å². The highest BCUT2D eigenvalue weighted by atomic mass is 35.5. The number of fused-ring (bicyclic) bond motifs is 2. The van der Waals surface area contributed by atoms with E-state index in [9.17, 15) is 24.0 Å². The molecule has 9 rings (SSSR count). The Labute approximate surface area is 367 Å². The molecule has 5 amide bonds. The van der Waals surface area contributed by atoms with Gasteiger partial charge in [-0.2, -0.15) is 0 Å². The molecular weight excluding hydrogens is 836 g/mol. The molecule has 3 saturated heterocycles. The summed E-state index contributed by atoms with van der Waals surface area (Å²) >= 11 is 7.52. The largest absolute Gasteiger partial charge is 0.483 e. The molecular formula is C43H47ClN10O7S. The molecule has 62 heavy (non-hydrogen) atoms. The van der Waals surface area contributed by atoms with Gasteiger partial charge in [-0.15, -0.1) is 0 Å². The summed E-state index contributed by atoms with van der Waals surface area (Å²) in [6.07, 6.45) is 3.83. The van der Waals surface area contributed by atoms with E-state index in [1.807, 2.05) is 49.1 Å². The molecule has 0 saturated carbocycles. The van der Waals surface area contributed by atoms with Gasteiger partial charge in [-0.25, -0.2) is 15.0 Å². The quantitative estimate of drug-likeness (QED) is 0.136. The fourth-order valence-corrected chi connectivity index (χ4v) is 9.71. The van der Waals surface area contributed by atoms with Gasteiger partial charge >= 0.3 is 0 Å². The number of benzene rings is 2. The number of anilines is 4. The van der Waals surface area contributed by atoms with Crippen molar-refractivity contribution in [3.05, 3.63) is 80.6 Å². The maximum absolute atomic E-state index is 13.3. The van der Waals surface area contributed by atoms with E-state index in [4.69, 9.17) is 21.1 Å². The van der Waals surface area contributed by atoms with Crippen LogP contribution in [0.3, 0.4) is 0 Å². The van der Waals surface area contributed by atoms with Crippen LogP contribution in [0, 0.1) is 13.8 Å². The number of rotatable bonds is 12. The second-order valence-corrected chi connectivity index (χ2v) is 17.9. The Morgan fingerprint density at radius 2 is 1.85 bits per heavy atom. The molecule has 1 spiro atoms. The molecule has 2 aromatic heterocycles. The number of para-hydroxylation sites is 1. The predicted molar refractivity (Wildman–Crippen MR) is 231 cm³/mol. The summed E-state index contributed by atoms with van der Waals surface area (Å²) in [4.78, 5) is 85.3. The molecule has 3 N–H and O–H groups in total. The van der Waals surface area contributed by atoms with Crippen LogP contribution < -0.4 is 25.6 Å². The summed E-state index contributed by atoms with van der Waals surface area (Å²) in [6.45, 7) is 9.89. The highest BCUT2D eigenvalue weighted by Crippen LogP contribution is 2.42. The SMILES string of the molecule is Cc1nc(Nc2ncc(C(=O)Nc3c(C)cccc3Cl)s2)cc(N2CCN(CCOCCC(=O)N3CC4(CCc5cc6c(cc5O4)CN(C4CCC(=O)NC4=O)C6=O)C3)CC2)n1. The zero-order chi connectivity index (χ0) is 43.1. The fraction of sp³-hybridized carbons (Fsp3) is 0.442. The molecule has 5 aliphatic rings. The molecule has 19 heteroatoms. The number of piperidine rings is 1. The monoisotopic (exact) mass is 882 g/mol. The van der Waals surface area contributed by atoms with Crippen LogP contribution in [0.4, 0.5) is 22.5 Å². The summed E-state index contributed by atoms with van der Waals surface area (Å²) in [5.74, 6) is 1.56. The first kappa shape index (κ1) is 41.7. The van der Waals surface area contributed by atoms with Crippen LogP contribution in [-0.2, 0) is 32.1 Å². The number of imide groups is 1. The van der Waals surface area contributed by atoms with Crippen molar-refractivity contribution in [1.82, 2.24) is 35.0 Å². The Hall–Kier alpha value is -5.69. The van der Waals surface area contributed by atoms with Crippen LogP contribution in [0.15, 0.2) is 42.6 Å². The Morgan fingerprint density at radius 1 is 1.03 bits per heavy atom. The number of hydrogen-bond acceptors (Lipinski definition) is 14. The van der Waals surface area contributed by atoms with Crippen LogP contribution in [-0.4, -0.2) is 130 Å². The lowest BCUT2D eigenvalue weighted by molar-refractivity contribution is -0.154. The molecule has 0 bridgehead atoms. The van der Waals surface area contributed by atoms with Crippen LogP contribution in [0.25, 0.3) is 0 Å². The third-order valence-electron chi connectivity index (χ3n) is 12.1. The van der Waals surface area contributed by atoms with Gasteiger partial charge in [0.1, 0.15) is 39.7 Å². The number of carbonyl (C=O) groups excluding carboxylic acids is 5. The van der Waals surface area contributed by atoms with Gasteiger partial charge in [0.2, 0.25) is 17.7 Å². The third kappa shape index (κ3) is 8.69. The van der Waals surface area contributed by atoms with E-state index in [0.717, 1.165) is 73.8 Å². The average molecular weight is 883 g/mol. The third-order valence-corrected chi connectivity index (χ3v) is 13.4. The zero-order valence-corrected chi connectivity index (χ0v) is 36.1. The molecule has 0 radical (unpaired) electrons. The summed E-state index contributed by atoms with van der Waals surface area (Å²) in [5.41, 5.74) is 3.35. The molecule has 2 aromatic carbocycles. The van der Waals surface area contributed by atoms with E-state index in [1.165, 1.54) is 17.5 Å². The summed E-state index contributed by atoms with van der Waals surface area (Å²) in [5, 5.41) is 9.47. The first-order chi connectivity index (χ1) is 29.9. The van der Waals surface area contributed by atoms with Gasteiger partial charge in [-0.1, -0.05) is 35.1 Å². The maximum Gasteiger partial charge on any atom is 0.267 e. The normalized spacial score (nSPS) is 19.4. The average Bonchev–Trinajstić information content (AvgIpc) is 3.83. The first-order valence-electron chi connectivity index (χ1n) is 20.9. The van der Waals surface area contributed by atoms with Crippen LogP contribution >= 0.6 is 22.9 Å². The van der Waals surface area contributed by atoms with Gasteiger partial charge in [-0.05, 0) is 68.0 Å². The number of thiazole rings is 1. The number of piperazine rings is 1. The minimum absolute atomic E-state index is 0.0383. The Bertz CT molecular complexity index is 2430. The Morgan fingerprint density at radius 3 is 2.65 bits per heavy atom. The van der Waals surface area contributed by atoms with Crippen molar-refractivity contribution in [2.45, 2.75) is 64.1 Å². The lowest BCUT2D eigenvalue weighted by Crippen LogP contribution is -2.67. The van der Waals surface area contributed by atoms with Crippen molar-refractivity contribution in [3.63, 3.8) is 0 Å². The lowest BCUT2D eigenvalue weighted by Gasteiger charge is -2.51. The van der Waals surface area contributed by atoms with Gasteiger partial charge in [0.05, 0.1) is 49.6 Å². The Balaban J connectivity index is 0.681. The highest BCUT2D eigenvalue weighted by molar-refractivity contribution is 7.17. The van der Waals surface area contributed by atoms with Gasteiger partial charge in [0.15, 0.2) is 5.13 Å². The number of carbonyl (C=O) groups is 5. The van der Waals surface area contributed by atoms with Gasteiger partial charge < -0.3 is 34.8 Å². The molecule has 1 unspecified atom stereocenters. The van der Waals surface area contributed by atoms with Crippen molar-refractivity contribution in [2.75, 3.05) is 74.6 Å². The van der Waals surface area contributed by atoms with E-state index in [2.05, 4.69) is 40.7 Å². The first-order valence-corrected chi connectivity index (χ1v) is 22.1. The predicted octanol–water partition coefficient (Wildman–Crippen LogP) is 4.10. The Kier molecular flexibility index (Phi) is 11.6. The van der Waals surface area contributed by atoms with Gasteiger partial charge in [0, 0.05) is 57.3 Å². The molecule has 3 fully saturated rings. The van der Waals surface area contributed by atoms with E-state index < -0.39 is 17.6 Å². The number of hydrogen-bond donors (Lipinski definition) is 3. The van der Waals surface area contributed by atoms with Crippen LogP contribution in [0.2, 0.25) is 5.02 Å². The van der Waals surface area contributed by atoms with Gasteiger partial charge in [0.25, 0.3) is 11.8 Å². The molecule has 324 valence electrons. The van der Waals surface area contributed by atoms with Crippen molar-refractivity contribution < 1.29 is 33.4 Å². The second-order valence-electron chi connectivity index (χ2n) is 16.4. The summed E-state index contributed by atoms with van der Waals surface area (Å²) in [7, 11) is 0. The molecule has 0 aliphatic carbocycles. The van der Waals surface area contributed by atoms with Crippen LogP contribution in [0.1, 0.15) is 68.2 Å². The van der Waals surface area contributed by atoms with E-state index >= 15 is 0 Å². The molecule has 17 nitrogen and oxygen atoms in total. The van der Waals surface area contributed by atoms with Gasteiger partial charge in [-0.3, -0.25) is 34.2 Å². The topological polar surface area (TPSA) is 192 Å². The zero-order valence-electron chi connectivity index (χ0n) is 34.5. The number of nitrogens with zero attached hydrogens (tertiary/aromatic N) is 7. The standard InChI is InChI=1S/C43H47ClN10O7S/c1-25-4-3-5-30(44)38(25)50-40(58)33-21-45-42(62-33)48-34-20-35(47-26(2)46-34)52-13-11-51(12-14-52)15-17-60-16-9-37(56)53-23-43(24-53)10-8-27-18-29-28(19-32(27)61-43)22-54(41(29)59)31-6-7-36(55)49-39(31)57/h3-5,18-21,31H,6-17,22-24H2,1-2H3,(H,50,58)(H,49,55,57)(H,45,46,47,48).